The first-order valence-electron chi connectivity index (χ1n) is 5.52. The molecule has 0 unspecified atom stereocenters. The van der Waals surface area contributed by atoms with Crippen molar-refractivity contribution in [2.75, 3.05) is 18.5 Å². The van der Waals surface area contributed by atoms with Crippen LogP contribution in [0.15, 0.2) is 12.7 Å². The number of anilines is 1. The number of fused-ring (bicyclic) bond motifs is 1. The highest BCUT2D eigenvalue weighted by atomic mass is 16.5. The molecule has 2 rings (SSSR count). The van der Waals surface area contributed by atoms with Gasteiger partial charge in [-0.1, -0.05) is 12.7 Å². The van der Waals surface area contributed by atoms with Gasteiger partial charge in [0.15, 0.2) is 0 Å². The third kappa shape index (κ3) is 2.47. The monoisotopic (exact) mass is 236 g/mol. The summed E-state index contributed by atoms with van der Waals surface area (Å²) in [5.74, 6) is 0.696. The number of carbonyl (C=O) groups excluding carboxylic acids is 1. The summed E-state index contributed by atoms with van der Waals surface area (Å²) >= 11 is 0. The maximum atomic E-state index is 11.5. The first kappa shape index (κ1) is 11.7. The van der Waals surface area contributed by atoms with Gasteiger partial charge in [-0.2, -0.15) is 5.10 Å². The number of ether oxygens (including phenoxy) is 1. The van der Waals surface area contributed by atoms with Crippen LogP contribution in [0.3, 0.4) is 0 Å². The lowest BCUT2D eigenvalue weighted by molar-refractivity contribution is 0.174. The van der Waals surface area contributed by atoms with Crippen molar-refractivity contribution in [2.24, 2.45) is 7.05 Å². The van der Waals surface area contributed by atoms with Crippen molar-refractivity contribution in [1.29, 1.82) is 0 Å². The molecular formula is C11H16N4O2. The van der Waals surface area contributed by atoms with Crippen molar-refractivity contribution in [3.8, 4) is 0 Å². The van der Waals surface area contributed by atoms with E-state index in [4.69, 9.17) is 4.74 Å². The summed E-state index contributed by atoms with van der Waals surface area (Å²) in [7, 11) is 1.81. The summed E-state index contributed by atoms with van der Waals surface area (Å²) in [6, 6.07) is 0. The fourth-order valence-corrected chi connectivity index (χ4v) is 1.85. The van der Waals surface area contributed by atoms with Gasteiger partial charge in [-0.25, -0.2) is 4.79 Å². The van der Waals surface area contributed by atoms with Gasteiger partial charge in [0.05, 0.1) is 5.69 Å². The molecule has 1 aromatic heterocycles. The highest BCUT2D eigenvalue weighted by Crippen LogP contribution is 2.22. The fraction of sp³-hybridized carbons (Fsp3) is 0.455. The first-order valence-corrected chi connectivity index (χ1v) is 5.52. The molecule has 1 amide bonds. The van der Waals surface area contributed by atoms with Crippen molar-refractivity contribution in [1.82, 2.24) is 15.1 Å². The predicted molar refractivity (Wildman–Crippen MR) is 63.8 cm³/mol. The van der Waals surface area contributed by atoms with E-state index in [1.165, 1.54) is 6.08 Å². The molecule has 1 aromatic rings. The van der Waals surface area contributed by atoms with Crippen molar-refractivity contribution >= 4 is 11.9 Å². The molecule has 0 aromatic carbocycles. The molecule has 2 N–H and O–H groups in total. The SMILES string of the molecule is C=CCOC(=O)Nc1c2c(nn1C)CCNC2. The molecule has 0 saturated heterocycles. The fourth-order valence-electron chi connectivity index (χ4n) is 1.85. The van der Waals surface area contributed by atoms with Crippen LogP contribution in [0, 0.1) is 0 Å². The van der Waals surface area contributed by atoms with Gasteiger partial charge in [-0.3, -0.25) is 10.00 Å². The molecule has 0 aliphatic carbocycles. The average molecular weight is 236 g/mol. The average Bonchev–Trinajstić information content (AvgIpc) is 2.64. The topological polar surface area (TPSA) is 68.2 Å². The molecule has 0 bridgehead atoms. The van der Waals surface area contributed by atoms with Gasteiger partial charge in [0.1, 0.15) is 12.4 Å². The number of carbonyl (C=O) groups is 1. The van der Waals surface area contributed by atoms with Gasteiger partial charge in [-0.15, -0.1) is 0 Å². The molecule has 0 radical (unpaired) electrons. The zero-order valence-electron chi connectivity index (χ0n) is 9.82. The quantitative estimate of drug-likeness (QED) is 0.762. The number of nitrogens with one attached hydrogen (secondary N) is 2. The maximum absolute atomic E-state index is 11.5. The van der Waals surface area contributed by atoms with Crippen LogP contribution in [-0.2, 0) is 24.8 Å². The molecule has 1 aliphatic rings. The van der Waals surface area contributed by atoms with Crippen LogP contribution in [0.25, 0.3) is 0 Å². The van der Waals surface area contributed by atoms with Gasteiger partial charge in [-0.05, 0) is 0 Å². The summed E-state index contributed by atoms with van der Waals surface area (Å²) in [5, 5.41) is 10.3. The number of hydrogen-bond acceptors (Lipinski definition) is 4. The third-order valence-corrected chi connectivity index (χ3v) is 2.62. The van der Waals surface area contributed by atoms with Crippen molar-refractivity contribution in [2.45, 2.75) is 13.0 Å². The minimum Gasteiger partial charge on any atom is -0.445 e. The smallest absolute Gasteiger partial charge is 0.413 e. The Labute approximate surface area is 99.6 Å². The highest BCUT2D eigenvalue weighted by molar-refractivity contribution is 5.84. The Morgan fingerprint density at radius 2 is 2.59 bits per heavy atom. The predicted octanol–water partition coefficient (Wildman–Crippen LogP) is 0.800. The Balaban J connectivity index is 2.12. The Morgan fingerprint density at radius 1 is 1.76 bits per heavy atom. The lowest BCUT2D eigenvalue weighted by atomic mass is 10.1. The lowest BCUT2D eigenvalue weighted by Crippen LogP contribution is -2.24. The van der Waals surface area contributed by atoms with E-state index in [2.05, 4.69) is 22.3 Å². The van der Waals surface area contributed by atoms with Crippen molar-refractivity contribution in [3.63, 3.8) is 0 Å². The van der Waals surface area contributed by atoms with Crippen LogP contribution in [0.1, 0.15) is 11.3 Å². The second-order valence-electron chi connectivity index (χ2n) is 3.84. The van der Waals surface area contributed by atoms with Crippen LogP contribution < -0.4 is 10.6 Å². The van der Waals surface area contributed by atoms with Crippen LogP contribution in [0.2, 0.25) is 0 Å². The summed E-state index contributed by atoms with van der Waals surface area (Å²) in [5.41, 5.74) is 2.07. The molecule has 2 heterocycles. The van der Waals surface area contributed by atoms with E-state index in [0.717, 1.165) is 30.8 Å². The van der Waals surface area contributed by atoms with Gasteiger partial charge in [0.25, 0.3) is 0 Å². The van der Waals surface area contributed by atoms with E-state index in [-0.39, 0.29) is 6.61 Å². The van der Waals surface area contributed by atoms with E-state index in [0.29, 0.717) is 5.82 Å². The Morgan fingerprint density at radius 3 is 3.35 bits per heavy atom. The van der Waals surface area contributed by atoms with Crippen LogP contribution >= 0.6 is 0 Å². The zero-order chi connectivity index (χ0) is 12.3. The number of hydrogen-bond donors (Lipinski definition) is 2. The van der Waals surface area contributed by atoms with E-state index in [1.54, 1.807) is 11.7 Å². The Hall–Kier alpha value is -1.82. The molecule has 6 heteroatoms. The van der Waals surface area contributed by atoms with Gasteiger partial charge in [0, 0.05) is 32.1 Å². The summed E-state index contributed by atoms with van der Waals surface area (Å²) < 4.78 is 6.55. The second-order valence-corrected chi connectivity index (χ2v) is 3.84. The second kappa shape index (κ2) is 5.01. The van der Waals surface area contributed by atoms with Crippen molar-refractivity contribution in [3.05, 3.63) is 23.9 Å². The molecule has 0 saturated carbocycles. The third-order valence-electron chi connectivity index (χ3n) is 2.62. The van der Waals surface area contributed by atoms with E-state index >= 15 is 0 Å². The maximum Gasteiger partial charge on any atom is 0.413 e. The Bertz CT molecular complexity index is 439. The summed E-state index contributed by atoms with van der Waals surface area (Å²) in [6.07, 6.45) is 1.92. The standard InChI is InChI=1S/C11H16N4O2/c1-3-6-17-11(16)13-10-8-7-12-5-4-9(8)14-15(10)2/h3,12H,1,4-7H2,2H3,(H,13,16). The number of amides is 1. The number of rotatable bonds is 3. The highest BCUT2D eigenvalue weighted by Gasteiger charge is 2.20. The van der Waals surface area contributed by atoms with E-state index in [1.807, 2.05) is 0 Å². The molecule has 6 nitrogen and oxygen atoms in total. The molecule has 17 heavy (non-hydrogen) atoms. The first-order chi connectivity index (χ1) is 8.22. The molecule has 0 atom stereocenters. The van der Waals surface area contributed by atoms with Crippen LogP contribution in [-0.4, -0.2) is 29.0 Å². The van der Waals surface area contributed by atoms with Gasteiger partial charge < -0.3 is 10.1 Å². The van der Waals surface area contributed by atoms with E-state index in [9.17, 15) is 4.79 Å². The molecule has 1 aliphatic heterocycles. The largest absolute Gasteiger partial charge is 0.445 e. The zero-order valence-corrected chi connectivity index (χ0v) is 9.82. The molecular weight excluding hydrogens is 220 g/mol. The molecule has 0 fully saturated rings. The van der Waals surface area contributed by atoms with Gasteiger partial charge >= 0.3 is 6.09 Å². The minimum atomic E-state index is -0.485. The molecule has 0 spiro atoms. The van der Waals surface area contributed by atoms with E-state index < -0.39 is 6.09 Å². The van der Waals surface area contributed by atoms with Crippen molar-refractivity contribution < 1.29 is 9.53 Å². The number of nitrogens with zero attached hydrogens (tertiary/aromatic N) is 2. The minimum absolute atomic E-state index is 0.199. The van der Waals surface area contributed by atoms with Crippen LogP contribution in [0.4, 0.5) is 10.6 Å². The summed E-state index contributed by atoms with van der Waals surface area (Å²) in [4.78, 5) is 11.5. The normalized spacial score (nSPS) is 13.9. The summed E-state index contributed by atoms with van der Waals surface area (Å²) in [6.45, 7) is 5.33. The number of aryl methyl sites for hydroxylation is 1. The Kier molecular flexibility index (Phi) is 3.43. The van der Waals surface area contributed by atoms with Crippen LogP contribution in [0.5, 0.6) is 0 Å². The number of aromatic nitrogens is 2. The van der Waals surface area contributed by atoms with Gasteiger partial charge in [0.2, 0.25) is 0 Å². The lowest BCUT2D eigenvalue weighted by Gasteiger charge is -2.13. The molecule has 92 valence electrons.